The highest BCUT2D eigenvalue weighted by atomic mass is 35.5. The highest BCUT2D eigenvalue weighted by Gasteiger charge is 2.06. The first-order chi connectivity index (χ1) is 11.5. The maximum atomic E-state index is 11.8. The maximum Gasteiger partial charge on any atom is 0.239 e. The number of amides is 2. The Bertz CT molecular complexity index is 685. The summed E-state index contributed by atoms with van der Waals surface area (Å²) in [6.07, 6.45) is 0.927. The number of hydrogen-bond acceptors (Lipinski definition) is 2. The van der Waals surface area contributed by atoms with Gasteiger partial charge in [-0.3, -0.25) is 9.59 Å². The molecule has 0 aromatic heterocycles. The molecule has 0 aliphatic rings. The normalized spacial score (nSPS) is 10.2. The van der Waals surface area contributed by atoms with Gasteiger partial charge in [-0.1, -0.05) is 47.5 Å². The Morgan fingerprint density at radius 1 is 0.750 bits per heavy atom. The molecule has 0 unspecified atom stereocenters. The fraction of sp³-hybridized carbons (Fsp3) is 0.222. The van der Waals surface area contributed by atoms with Gasteiger partial charge in [-0.2, -0.15) is 0 Å². The zero-order valence-electron chi connectivity index (χ0n) is 13.0. The highest BCUT2D eigenvalue weighted by Crippen LogP contribution is 2.10. The van der Waals surface area contributed by atoms with Crippen LogP contribution in [0.1, 0.15) is 11.1 Å². The molecule has 0 fully saturated rings. The number of rotatable bonds is 7. The van der Waals surface area contributed by atoms with E-state index in [1.54, 1.807) is 24.3 Å². The molecule has 2 aromatic carbocycles. The molecule has 126 valence electrons. The Morgan fingerprint density at radius 3 is 1.88 bits per heavy atom. The SMILES string of the molecule is O=C(CNC(=O)Cc1ccc(Cl)cc1)NCCc1ccc(Cl)cc1. The van der Waals surface area contributed by atoms with Gasteiger partial charge in [0.2, 0.25) is 11.8 Å². The van der Waals surface area contributed by atoms with Crippen molar-refractivity contribution in [3.05, 3.63) is 69.7 Å². The lowest BCUT2D eigenvalue weighted by molar-refractivity contribution is -0.125. The van der Waals surface area contributed by atoms with Crippen LogP contribution in [0.2, 0.25) is 10.0 Å². The lowest BCUT2D eigenvalue weighted by atomic mass is 10.1. The van der Waals surface area contributed by atoms with E-state index in [0.717, 1.165) is 11.1 Å². The summed E-state index contributed by atoms with van der Waals surface area (Å²) in [4.78, 5) is 23.5. The fourth-order valence-electron chi connectivity index (χ4n) is 2.09. The summed E-state index contributed by atoms with van der Waals surface area (Å²) in [5, 5.41) is 6.68. The molecule has 0 bridgehead atoms. The molecule has 2 aromatic rings. The predicted octanol–water partition coefficient (Wildman–Crippen LogP) is 3.01. The Kier molecular flexibility index (Phi) is 7.09. The first-order valence-corrected chi connectivity index (χ1v) is 8.31. The topological polar surface area (TPSA) is 58.2 Å². The summed E-state index contributed by atoms with van der Waals surface area (Å²) >= 11 is 11.6. The fourth-order valence-corrected chi connectivity index (χ4v) is 2.34. The van der Waals surface area contributed by atoms with Crippen molar-refractivity contribution < 1.29 is 9.59 Å². The molecule has 6 heteroatoms. The molecule has 0 radical (unpaired) electrons. The van der Waals surface area contributed by atoms with Gasteiger partial charge in [0.25, 0.3) is 0 Å². The molecule has 4 nitrogen and oxygen atoms in total. The van der Waals surface area contributed by atoms with E-state index >= 15 is 0 Å². The predicted molar refractivity (Wildman–Crippen MR) is 96.3 cm³/mol. The minimum Gasteiger partial charge on any atom is -0.354 e. The number of hydrogen-bond donors (Lipinski definition) is 2. The van der Waals surface area contributed by atoms with E-state index in [0.29, 0.717) is 23.0 Å². The second kappa shape index (κ2) is 9.30. The van der Waals surface area contributed by atoms with Crippen LogP contribution < -0.4 is 10.6 Å². The van der Waals surface area contributed by atoms with Gasteiger partial charge in [-0.15, -0.1) is 0 Å². The Labute approximate surface area is 151 Å². The van der Waals surface area contributed by atoms with Gasteiger partial charge < -0.3 is 10.6 Å². The minimum absolute atomic E-state index is 0.0347. The van der Waals surface area contributed by atoms with Gasteiger partial charge in [-0.25, -0.2) is 0 Å². The molecule has 0 saturated heterocycles. The molecule has 2 rings (SSSR count). The number of carbonyl (C=O) groups is 2. The van der Waals surface area contributed by atoms with Crippen molar-refractivity contribution >= 4 is 35.0 Å². The van der Waals surface area contributed by atoms with E-state index in [9.17, 15) is 9.59 Å². The highest BCUT2D eigenvalue weighted by molar-refractivity contribution is 6.30. The first-order valence-electron chi connectivity index (χ1n) is 7.55. The van der Waals surface area contributed by atoms with Gasteiger partial charge in [0, 0.05) is 16.6 Å². The Balaban J connectivity index is 1.64. The molecule has 0 saturated carbocycles. The lowest BCUT2D eigenvalue weighted by Gasteiger charge is -2.07. The molecule has 0 heterocycles. The monoisotopic (exact) mass is 364 g/mol. The maximum absolute atomic E-state index is 11.8. The zero-order valence-corrected chi connectivity index (χ0v) is 14.5. The van der Waals surface area contributed by atoms with Crippen molar-refractivity contribution in [3.8, 4) is 0 Å². The first kappa shape index (κ1) is 18.3. The van der Waals surface area contributed by atoms with Crippen molar-refractivity contribution in [2.75, 3.05) is 13.1 Å². The van der Waals surface area contributed by atoms with Crippen molar-refractivity contribution in [2.24, 2.45) is 0 Å². The average Bonchev–Trinajstić information content (AvgIpc) is 2.57. The quantitative estimate of drug-likeness (QED) is 0.793. The molecular weight excluding hydrogens is 347 g/mol. The molecule has 2 N–H and O–H groups in total. The summed E-state index contributed by atoms with van der Waals surface area (Å²) in [7, 11) is 0. The van der Waals surface area contributed by atoms with Gasteiger partial charge >= 0.3 is 0 Å². The van der Waals surface area contributed by atoms with Crippen LogP contribution in [0.15, 0.2) is 48.5 Å². The zero-order chi connectivity index (χ0) is 17.4. The summed E-state index contributed by atoms with van der Waals surface area (Å²) < 4.78 is 0. The van der Waals surface area contributed by atoms with Crippen LogP contribution in [-0.2, 0) is 22.4 Å². The lowest BCUT2D eigenvalue weighted by Crippen LogP contribution is -2.38. The minimum atomic E-state index is -0.214. The van der Waals surface area contributed by atoms with Crippen LogP contribution in [0.4, 0.5) is 0 Å². The van der Waals surface area contributed by atoms with Crippen LogP contribution in [0.5, 0.6) is 0 Å². The molecule has 0 aliphatic heterocycles. The van der Waals surface area contributed by atoms with Gasteiger partial charge in [0.05, 0.1) is 13.0 Å². The average molecular weight is 365 g/mol. The third-order valence-corrected chi connectivity index (χ3v) is 3.88. The van der Waals surface area contributed by atoms with E-state index in [1.165, 1.54) is 0 Å². The molecule has 0 spiro atoms. The van der Waals surface area contributed by atoms with Gasteiger partial charge in [0.15, 0.2) is 0 Å². The smallest absolute Gasteiger partial charge is 0.239 e. The molecular formula is C18H18Cl2N2O2. The van der Waals surface area contributed by atoms with E-state index in [2.05, 4.69) is 10.6 Å². The van der Waals surface area contributed by atoms with Crippen molar-refractivity contribution in [2.45, 2.75) is 12.8 Å². The number of benzene rings is 2. The van der Waals surface area contributed by atoms with Crippen LogP contribution in [0.3, 0.4) is 0 Å². The Morgan fingerprint density at radius 2 is 1.29 bits per heavy atom. The standard InChI is InChI=1S/C18H18Cl2N2O2/c19-15-5-1-13(2-6-15)9-10-21-18(24)12-22-17(23)11-14-3-7-16(20)8-4-14/h1-8H,9-12H2,(H,21,24)(H,22,23). The van der Waals surface area contributed by atoms with Crippen molar-refractivity contribution in [1.29, 1.82) is 0 Å². The summed E-state index contributed by atoms with van der Waals surface area (Å²) in [6, 6.07) is 14.5. The molecule has 24 heavy (non-hydrogen) atoms. The number of halogens is 2. The third kappa shape index (κ3) is 6.60. The van der Waals surface area contributed by atoms with Gasteiger partial charge in [-0.05, 0) is 41.8 Å². The third-order valence-electron chi connectivity index (χ3n) is 3.37. The van der Waals surface area contributed by atoms with Crippen molar-refractivity contribution in [1.82, 2.24) is 10.6 Å². The van der Waals surface area contributed by atoms with Crippen LogP contribution in [0.25, 0.3) is 0 Å². The van der Waals surface area contributed by atoms with Crippen LogP contribution in [-0.4, -0.2) is 24.9 Å². The van der Waals surface area contributed by atoms with E-state index < -0.39 is 0 Å². The second-order valence-corrected chi connectivity index (χ2v) is 6.18. The van der Waals surface area contributed by atoms with E-state index in [1.807, 2.05) is 24.3 Å². The van der Waals surface area contributed by atoms with Crippen LogP contribution in [0, 0.1) is 0 Å². The molecule has 0 atom stereocenters. The molecule has 2 amide bonds. The van der Waals surface area contributed by atoms with Gasteiger partial charge in [0.1, 0.15) is 0 Å². The summed E-state index contributed by atoms with van der Waals surface area (Å²) in [5.41, 5.74) is 1.94. The number of nitrogens with one attached hydrogen (secondary N) is 2. The van der Waals surface area contributed by atoms with E-state index in [4.69, 9.17) is 23.2 Å². The number of carbonyl (C=O) groups excluding carboxylic acids is 2. The Hall–Kier alpha value is -2.04. The summed E-state index contributed by atoms with van der Waals surface area (Å²) in [6.45, 7) is 0.473. The summed E-state index contributed by atoms with van der Waals surface area (Å²) in [5.74, 6) is -0.418. The molecule has 0 aliphatic carbocycles. The van der Waals surface area contributed by atoms with E-state index in [-0.39, 0.29) is 24.8 Å². The van der Waals surface area contributed by atoms with Crippen molar-refractivity contribution in [3.63, 3.8) is 0 Å². The second-order valence-electron chi connectivity index (χ2n) is 5.31. The largest absolute Gasteiger partial charge is 0.354 e. The van der Waals surface area contributed by atoms with Crippen LogP contribution >= 0.6 is 23.2 Å².